The number of nitrogens with one attached hydrogen (secondary N) is 2. The Labute approximate surface area is 149 Å². The number of para-hydroxylation sites is 1. The quantitative estimate of drug-likeness (QED) is 0.792. The highest BCUT2D eigenvalue weighted by molar-refractivity contribution is 9.10. The van der Waals surface area contributed by atoms with E-state index in [0.717, 1.165) is 21.4 Å². The minimum Gasteiger partial charge on any atom is -0.347 e. The van der Waals surface area contributed by atoms with Gasteiger partial charge in [-0.1, -0.05) is 12.1 Å². The minimum atomic E-state index is -0.260. The molecule has 2 N–H and O–H groups in total. The van der Waals surface area contributed by atoms with Gasteiger partial charge in [-0.15, -0.1) is 0 Å². The van der Waals surface area contributed by atoms with Gasteiger partial charge in [0, 0.05) is 23.6 Å². The summed E-state index contributed by atoms with van der Waals surface area (Å²) in [6.45, 7) is 3.87. The lowest BCUT2D eigenvalue weighted by molar-refractivity contribution is -0.124. The predicted octanol–water partition coefficient (Wildman–Crippen LogP) is 2.49. The Balaban J connectivity index is 1.79. The van der Waals surface area contributed by atoms with Crippen LogP contribution in [0.4, 0.5) is 5.69 Å². The normalized spacial score (nSPS) is 10.5. The molecule has 0 unspecified atom stereocenters. The minimum absolute atomic E-state index is 0.0504. The number of aryl methyl sites for hydroxylation is 2. The van der Waals surface area contributed by atoms with E-state index in [9.17, 15) is 9.59 Å². The first-order valence-electron chi connectivity index (χ1n) is 7.68. The van der Waals surface area contributed by atoms with Gasteiger partial charge in [0.15, 0.2) is 0 Å². The molecule has 128 valence electrons. The molecule has 0 spiro atoms. The molecule has 0 saturated heterocycles. The van der Waals surface area contributed by atoms with Crippen LogP contribution >= 0.6 is 15.9 Å². The Morgan fingerprint density at radius 2 is 1.92 bits per heavy atom. The van der Waals surface area contributed by atoms with Crippen LogP contribution in [0.3, 0.4) is 0 Å². The number of hydrogen-bond donors (Lipinski definition) is 2. The highest BCUT2D eigenvalue weighted by atomic mass is 79.9. The molecule has 0 bridgehead atoms. The molecule has 6 nitrogen and oxygen atoms in total. The number of aromatic nitrogens is 2. The number of halogens is 1. The summed E-state index contributed by atoms with van der Waals surface area (Å²) < 4.78 is 2.61. The molecule has 2 aromatic rings. The van der Waals surface area contributed by atoms with E-state index in [1.54, 1.807) is 6.07 Å². The van der Waals surface area contributed by atoms with Crippen molar-refractivity contribution in [2.24, 2.45) is 7.05 Å². The van der Waals surface area contributed by atoms with Gasteiger partial charge in [0.1, 0.15) is 0 Å². The summed E-state index contributed by atoms with van der Waals surface area (Å²) in [5.74, 6) is -0.413. The van der Waals surface area contributed by atoms with Crippen LogP contribution in [-0.2, 0) is 23.1 Å². The maximum atomic E-state index is 11.9. The molecule has 0 atom stereocenters. The van der Waals surface area contributed by atoms with Gasteiger partial charge in [-0.3, -0.25) is 14.3 Å². The molecule has 0 aliphatic heterocycles. The second-order valence-corrected chi connectivity index (χ2v) is 6.43. The third-order valence-electron chi connectivity index (χ3n) is 3.86. The van der Waals surface area contributed by atoms with Gasteiger partial charge in [-0.25, -0.2) is 0 Å². The summed E-state index contributed by atoms with van der Waals surface area (Å²) in [7, 11) is 1.89. The van der Waals surface area contributed by atoms with Crippen molar-refractivity contribution in [3.05, 3.63) is 45.7 Å². The molecular weight excluding hydrogens is 372 g/mol. The molecule has 0 radical (unpaired) electrons. The average molecular weight is 393 g/mol. The molecule has 0 saturated carbocycles. The second-order valence-electron chi connectivity index (χ2n) is 5.58. The number of amides is 2. The number of benzene rings is 1. The van der Waals surface area contributed by atoms with Crippen LogP contribution in [0.15, 0.2) is 28.7 Å². The van der Waals surface area contributed by atoms with E-state index in [1.165, 1.54) is 0 Å². The van der Waals surface area contributed by atoms with Crippen molar-refractivity contribution >= 4 is 33.4 Å². The molecule has 2 amide bonds. The summed E-state index contributed by atoms with van der Waals surface area (Å²) in [5, 5.41) is 9.73. The number of anilines is 1. The van der Waals surface area contributed by atoms with E-state index in [0.29, 0.717) is 18.5 Å². The van der Waals surface area contributed by atoms with E-state index in [1.807, 2.05) is 43.8 Å². The van der Waals surface area contributed by atoms with Crippen molar-refractivity contribution in [3.8, 4) is 0 Å². The monoisotopic (exact) mass is 392 g/mol. The fraction of sp³-hybridized carbons (Fsp3) is 0.353. The standard InChI is InChI=1S/C17H21BrN4O2/c1-11-13(12(2)22(3)21-11)8-9-16(23)19-10-17(24)20-15-7-5-4-6-14(15)18/h4-7H,8-10H2,1-3H3,(H,19,23)(H,20,24). The van der Waals surface area contributed by atoms with Gasteiger partial charge in [0.25, 0.3) is 0 Å². The van der Waals surface area contributed by atoms with Crippen molar-refractivity contribution in [1.82, 2.24) is 15.1 Å². The van der Waals surface area contributed by atoms with Crippen LogP contribution in [0.5, 0.6) is 0 Å². The first-order chi connectivity index (χ1) is 11.4. The van der Waals surface area contributed by atoms with Crippen LogP contribution in [0.1, 0.15) is 23.4 Å². The molecule has 0 fully saturated rings. The number of carbonyl (C=O) groups is 2. The fourth-order valence-corrected chi connectivity index (χ4v) is 2.83. The predicted molar refractivity (Wildman–Crippen MR) is 96.8 cm³/mol. The topological polar surface area (TPSA) is 76.0 Å². The highest BCUT2D eigenvalue weighted by Gasteiger charge is 2.12. The number of carbonyl (C=O) groups excluding carboxylic acids is 2. The van der Waals surface area contributed by atoms with Gasteiger partial charge in [0.2, 0.25) is 11.8 Å². The number of hydrogen-bond acceptors (Lipinski definition) is 3. The molecular formula is C17H21BrN4O2. The lowest BCUT2D eigenvalue weighted by atomic mass is 10.1. The van der Waals surface area contributed by atoms with Gasteiger partial charge in [0.05, 0.1) is 17.9 Å². The first-order valence-corrected chi connectivity index (χ1v) is 8.48. The van der Waals surface area contributed by atoms with Gasteiger partial charge >= 0.3 is 0 Å². The number of rotatable bonds is 6. The third-order valence-corrected chi connectivity index (χ3v) is 4.55. The summed E-state index contributed by atoms with van der Waals surface area (Å²) >= 11 is 3.36. The van der Waals surface area contributed by atoms with Crippen LogP contribution in [0.25, 0.3) is 0 Å². The first kappa shape index (κ1) is 18.2. The third kappa shape index (κ3) is 4.67. The van der Waals surface area contributed by atoms with E-state index < -0.39 is 0 Å². The Morgan fingerprint density at radius 1 is 1.21 bits per heavy atom. The summed E-state index contributed by atoms with van der Waals surface area (Å²) in [4.78, 5) is 23.8. The van der Waals surface area contributed by atoms with E-state index in [4.69, 9.17) is 0 Å². The molecule has 0 aliphatic rings. The lowest BCUT2D eigenvalue weighted by Crippen LogP contribution is -2.33. The van der Waals surface area contributed by atoms with Crippen LogP contribution in [0, 0.1) is 13.8 Å². The van der Waals surface area contributed by atoms with E-state index >= 15 is 0 Å². The van der Waals surface area contributed by atoms with Gasteiger partial charge < -0.3 is 10.6 Å². The van der Waals surface area contributed by atoms with Crippen molar-refractivity contribution < 1.29 is 9.59 Å². The smallest absolute Gasteiger partial charge is 0.243 e. The van der Waals surface area contributed by atoms with E-state index in [-0.39, 0.29) is 18.4 Å². The Morgan fingerprint density at radius 3 is 2.54 bits per heavy atom. The van der Waals surface area contributed by atoms with E-state index in [2.05, 4.69) is 31.7 Å². The lowest BCUT2D eigenvalue weighted by Gasteiger charge is -2.08. The van der Waals surface area contributed by atoms with Gasteiger partial charge in [-0.05, 0) is 53.9 Å². The molecule has 24 heavy (non-hydrogen) atoms. The van der Waals surface area contributed by atoms with Crippen molar-refractivity contribution in [3.63, 3.8) is 0 Å². The molecule has 2 rings (SSSR count). The van der Waals surface area contributed by atoms with Crippen LogP contribution in [-0.4, -0.2) is 28.1 Å². The van der Waals surface area contributed by atoms with Crippen LogP contribution < -0.4 is 10.6 Å². The zero-order chi connectivity index (χ0) is 17.7. The molecule has 0 aliphatic carbocycles. The zero-order valence-corrected chi connectivity index (χ0v) is 15.6. The maximum absolute atomic E-state index is 11.9. The number of nitrogens with zero attached hydrogens (tertiary/aromatic N) is 2. The summed E-state index contributed by atoms with van der Waals surface area (Å²) in [5.41, 5.74) is 3.77. The SMILES string of the molecule is Cc1nn(C)c(C)c1CCC(=O)NCC(=O)Nc1ccccc1Br. The Bertz CT molecular complexity index is 755. The maximum Gasteiger partial charge on any atom is 0.243 e. The second kappa shape index (κ2) is 8.10. The van der Waals surface area contributed by atoms with Gasteiger partial charge in [-0.2, -0.15) is 5.10 Å². The van der Waals surface area contributed by atoms with Crippen molar-refractivity contribution in [1.29, 1.82) is 0 Å². The molecule has 1 aromatic heterocycles. The van der Waals surface area contributed by atoms with Crippen LogP contribution in [0.2, 0.25) is 0 Å². The fourth-order valence-electron chi connectivity index (χ4n) is 2.44. The Kier molecular flexibility index (Phi) is 6.14. The summed E-state index contributed by atoms with van der Waals surface area (Å²) in [6.07, 6.45) is 0.943. The summed E-state index contributed by atoms with van der Waals surface area (Å²) in [6, 6.07) is 7.33. The Hall–Kier alpha value is -2.15. The van der Waals surface area contributed by atoms with Crippen molar-refractivity contribution in [2.45, 2.75) is 26.7 Å². The largest absolute Gasteiger partial charge is 0.347 e. The van der Waals surface area contributed by atoms with Crippen molar-refractivity contribution in [2.75, 3.05) is 11.9 Å². The molecule has 7 heteroatoms. The molecule has 1 aromatic carbocycles. The highest BCUT2D eigenvalue weighted by Crippen LogP contribution is 2.20. The molecule has 1 heterocycles. The average Bonchev–Trinajstić information content (AvgIpc) is 2.78. The zero-order valence-electron chi connectivity index (χ0n) is 14.0.